The van der Waals surface area contributed by atoms with Gasteiger partial charge in [0.25, 0.3) is 0 Å². The molecule has 2 aromatic rings. The first-order chi connectivity index (χ1) is 7.77. The highest BCUT2D eigenvalue weighted by atomic mass is 79.9. The van der Waals surface area contributed by atoms with Crippen molar-refractivity contribution in [3.63, 3.8) is 0 Å². The Morgan fingerprint density at radius 1 is 1.44 bits per heavy atom. The van der Waals surface area contributed by atoms with E-state index in [4.69, 9.17) is 0 Å². The molecular formula is C13H15BrN2. The normalized spacial score (nSPS) is 20.8. The van der Waals surface area contributed by atoms with Crippen molar-refractivity contribution in [2.75, 3.05) is 6.54 Å². The highest BCUT2D eigenvalue weighted by Crippen LogP contribution is 2.33. The molecule has 1 aliphatic rings. The minimum atomic E-state index is 0.532. The zero-order valence-electron chi connectivity index (χ0n) is 9.33. The van der Waals surface area contributed by atoms with Gasteiger partial charge in [0.2, 0.25) is 0 Å². The predicted octanol–water partition coefficient (Wildman–Crippen LogP) is 3.37. The molecule has 1 aromatic heterocycles. The zero-order valence-corrected chi connectivity index (χ0v) is 10.9. The van der Waals surface area contributed by atoms with Crippen LogP contribution in [-0.4, -0.2) is 11.1 Å². The van der Waals surface area contributed by atoms with Crippen LogP contribution in [-0.2, 0) is 7.05 Å². The van der Waals surface area contributed by atoms with Crippen molar-refractivity contribution in [3.8, 4) is 0 Å². The Kier molecular flexibility index (Phi) is 2.52. The van der Waals surface area contributed by atoms with Crippen molar-refractivity contribution >= 4 is 26.8 Å². The van der Waals surface area contributed by atoms with Gasteiger partial charge in [-0.15, -0.1) is 0 Å². The fourth-order valence-corrected chi connectivity index (χ4v) is 3.31. The van der Waals surface area contributed by atoms with E-state index < -0.39 is 0 Å². The van der Waals surface area contributed by atoms with E-state index in [1.165, 1.54) is 33.8 Å². The van der Waals surface area contributed by atoms with Gasteiger partial charge in [0, 0.05) is 29.1 Å². The molecule has 1 atom stereocenters. The number of rotatable bonds is 1. The topological polar surface area (TPSA) is 17.0 Å². The third-order valence-electron chi connectivity index (χ3n) is 3.42. The molecule has 0 amide bonds. The van der Waals surface area contributed by atoms with Gasteiger partial charge in [0.15, 0.2) is 0 Å². The first-order valence-corrected chi connectivity index (χ1v) is 6.53. The molecule has 84 valence electrons. The van der Waals surface area contributed by atoms with E-state index in [1.54, 1.807) is 0 Å². The Labute approximate surface area is 104 Å². The summed E-state index contributed by atoms with van der Waals surface area (Å²) < 4.78 is 3.40. The summed E-state index contributed by atoms with van der Waals surface area (Å²) in [6.45, 7) is 1.15. The average molecular weight is 279 g/mol. The Bertz CT molecular complexity index is 524. The summed E-state index contributed by atoms with van der Waals surface area (Å²) in [5.74, 6) is 0. The molecule has 1 saturated heterocycles. The number of aryl methyl sites for hydroxylation is 1. The Morgan fingerprint density at radius 3 is 3.06 bits per heavy atom. The van der Waals surface area contributed by atoms with E-state index in [-0.39, 0.29) is 0 Å². The largest absolute Gasteiger partial charge is 0.349 e. The molecular weight excluding hydrogens is 264 g/mol. The van der Waals surface area contributed by atoms with E-state index >= 15 is 0 Å². The van der Waals surface area contributed by atoms with Crippen molar-refractivity contribution in [3.05, 3.63) is 34.4 Å². The van der Waals surface area contributed by atoms with Crippen LogP contribution >= 0.6 is 15.9 Å². The van der Waals surface area contributed by atoms with Crippen molar-refractivity contribution in [2.45, 2.75) is 18.9 Å². The fraction of sp³-hybridized carbons (Fsp3) is 0.385. The maximum Gasteiger partial charge on any atom is 0.0537 e. The van der Waals surface area contributed by atoms with Gasteiger partial charge in [0.1, 0.15) is 0 Å². The SMILES string of the molecule is Cn1cc(Br)c2cccc(C3CCCN3)c21. The van der Waals surface area contributed by atoms with Gasteiger partial charge >= 0.3 is 0 Å². The Balaban J connectivity index is 2.23. The first kappa shape index (κ1) is 10.4. The smallest absolute Gasteiger partial charge is 0.0537 e. The van der Waals surface area contributed by atoms with Crippen LogP contribution in [0.5, 0.6) is 0 Å². The summed E-state index contributed by atoms with van der Waals surface area (Å²) >= 11 is 3.62. The summed E-state index contributed by atoms with van der Waals surface area (Å²) in [6, 6.07) is 7.11. The molecule has 0 aliphatic carbocycles. The van der Waals surface area contributed by atoms with E-state index in [1.807, 2.05) is 0 Å². The van der Waals surface area contributed by atoms with E-state index in [0.29, 0.717) is 6.04 Å². The molecule has 1 aromatic carbocycles. The van der Waals surface area contributed by atoms with Gasteiger partial charge < -0.3 is 9.88 Å². The lowest BCUT2D eigenvalue weighted by Crippen LogP contribution is -2.13. The van der Waals surface area contributed by atoms with E-state index in [2.05, 4.69) is 57.3 Å². The minimum Gasteiger partial charge on any atom is -0.349 e. The molecule has 0 saturated carbocycles. The summed E-state index contributed by atoms with van der Waals surface area (Å²) in [6.07, 6.45) is 4.68. The average Bonchev–Trinajstić information content (AvgIpc) is 2.88. The number of aromatic nitrogens is 1. The molecule has 2 nitrogen and oxygen atoms in total. The molecule has 0 bridgehead atoms. The van der Waals surface area contributed by atoms with Crippen LogP contribution in [0.15, 0.2) is 28.9 Å². The number of hydrogen-bond acceptors (Lipinski definition) is 1. The van der Waals surface area contributed by atoms with Crippen LogP contribution < -0.4 is 5.32 Å². The van der Waals surface area contributed by atoms with Crippen molar-refractivity contribution < 1.29 is 0 Å². The number of benzene rings is 1. The van der Waals surface area contributed by atoms with Crippen molar-refractivity contribution in [2.24, 2.45) is 7.05 Å². The minimum absolute atomic E-state index is 0.532. The van der Waals surface area contributed by atoms with Gasteiger partial charge in [0.05, 0.1) is 5.52 Å². The second kappa shape index (κ2) is 3.90. The van der Waals surface area contributed by atoms with Gasteiger partial charge in [-0.05, 0) is 40.9 Å². The summed E-state index contributed by atoms with van der Waals surface area (Å²) in [5, 5.41) is 4.89. The van der Waals surface area contributed by atoms with Gasteiger partial charge in [-0.3, -0.25) is 0 Å². The maximum absolute atomic E-state index is 3.62. The van der Waals surface area contributed by atoms with Crippen molar-refractivity contribution in [1.29, 1.82) is 0 Å². The molecule has 0 spiro atoms. The van der Waals surface area contributed by atoms with Gasteiger partial charge in [-0.2, -0.15) is 0 Å². The predicted molar refractivity (Wildman–Crippen MR) is 70.6 cm³/mol. The van der Waals surface area contributed by atoms with Gasteiger partial charge in [-0.1, -0.05) is 18.2 Å². The molecule has 0 radical (unpaired) electrons. The lowest BCUT2D eigenvalue weighted by Gasteiger charge is -2.13. The molecule has 3 rings (SSSR count). The standard InChI is InChI=1S/C13H15BrN2/c1-16-8-11(14)9-4-2-5-10(13(9)16)12-6-3-7-15-12/h2,4-5,8,12,15H,3,6-7H2,1H3. The lowest BCUT2D eigenvalue weighted by molar-refractivity contribution is 0.649. The van der Waals surface area contributed by atoms with Crippen LogP contribution in [0, 0.1) is 0 Å². The fourth-order valence-electron chi connectivity index (χ4n) is 2.68. The third-order valence-corrected chi connectivity index (χ3v) is 4.05. The van der Waals surface area contributed by atoms with Crippen LogP contribution in [0.25, 0.3) is 10.9 Å². The number of fused-ring (bicyclic) bond motifs is 1. The highest BCUT2D eigenvalue weighted by molar-refractivity contribution is 9.10. The van der Waals surface area contributed by atoms with Gasteiger partial charge in [-0.25, -0.2) is 0 Å². The monoisotopic (exact) mass is 278 g/mol. The number of halogens is 1. The molecule has 1 fully saturated rings. The van der Waals surface area contributed by atoms with E-state index in [9.17, 15) is 0 Å². The Morgan fingerprint density at radius 2 is 2.31 bits per heavy atom. The maximum atomic E-state index is 3.62. The second-order valence-corrected chi connectivity index (χ2v) is 5.33. The number of hydrogen-bond donors (Lipinski definition) is 1. The van der Waals surface area contributed by atoms with Crippen LogP contribution in [0.3, 0.4) is 0 Å². The molecule has 1 N–H and O–H groups in total. The Hall–Kier alpha value is -0.800. The van der Waals surface area contributed by atoms with Crippen LogP contribution in [0.2, 0.25) is 0 Å². The van der Waals surface area contributed by atoms with Crippen LogP contribution in [0.1, 0.15) is 24.4 Å². The quantitative estimate of drug-likeness (QED) is 0.847. The number of nitrogens with one attached hydrogen (secondary N) is 1. The molecule has 1 aliphatic heterocycles. The molecule has 16 heavy (non-hydrogen) atoms. The van der Waals surface area contributed by atoms with E-state index in [0.717, 1.165) is 6.54 Å². The summed E-state index contributed by atoms with van der Waals surface area (Å²) in [5.41, 5.74) is 2.79. The summed E-state index contributed by atoms with van der Waals surface area (Å²) in [4.78, 5) is 0. The second-order valence-electron chi connectivity index (χ2n) is 4.48. The molecule has 1 unspecified atom stereocenters. The van der Waals surface area contributed by atoms with Crippen LogP contribution in [0.4, 0.5) is 0 Å². The molecule has 2 heterocycles. The number of nitrogens with zero attached hydrogens (tertiary/aromatic N) is 1. The first-order valence-electron chi connectivity index (χ1n) is 5.74. The zero-order chi connectivity index (χ0) is 11.1. The molecule has 3 heteroatoms. The third kappa shape index (κ3) is 1.50. The van der Waals surface area contributed by atoms with Crippen molar-refractivity contribution in [1.82, 2.24) is 9.88 Å². The summed E-state index contributed by atoms with van der Waals surface area (Å²) in [7, 11) is 2.12. The highest BCUT2D eigenvalue weighted by Gasteiger charge is 2.20. The number of para-hydroxylation sites is 1. The lowest BCUT2D eigenvalue weighted by atomic mass is 10.0.